The third kappa shape index (κ3) is 9.79. The maximum Gasteiger partial charge on any atom is 0.412 e. The van der Waals surface area contributed by atoms with Crippen molar-refractivity contribution in [2.24, 2.45) is 11.8 Å². The van der Waals surface area contributed by atoms with Crippen LogP contribution in [0, 0.1) is 11.8 Å². The second kappa shape index (κ2) is 13.0. The van der Waals surface area contributed by atoms with Gasteiger partial charge in [0.2, 0.25) is 0 Å². The van der Waals surface area contributed by atoms with Crippen LogP contribution in [0.25, 0.3) is 0 Å². The number of hydrogen-bond acceptors (Lipinski definition) is 7. The number of nitrogens with zero attached hydrogens (tertiary/aromatic N) is 2. The monoisotopic (exact) mass is 512 g/mol. The average molecular weight is 513 g/mol. The summed E-state index contributed by atoms with van der Waals surface area (Å²) >= 11 is 0. The lowest BCUT2D eigenvalue weighted by molar-refractivity contribution is -0.147. The molecule has 0 N–H and O–H groups in total. The van der Waals surface area contributed by atoms with Gasteiger partial charge in [-0.05, 0) is 98.8 Å². The Morgan fingerprint density at radius 3 is 1.75 bits per heavy atom. The Morgan fingerprint density at radius 2 is 1.25 bits per heavy atom. The van der Waals surface area contributed by atoms with E-state index in [9.17, 15) is 14.4 Å². The quantitative estimate of drug-likeness (QED) is 0.258. The molecule has 2 aliphatic carbocycles. The van der Waals surface area contributed by atoms with E-state index < -0.39 is 11.2 Å². The molecule has 36 heavy (non-hydrogen) atoms. The zero-order valence-electron chi connectivity index (χ0n) is 23.6. The van der Waals surface area contributed by atoms with Crippen LogP contribution in [0.1, 0.15) is 92.9 Å². The highest BCUT2D eigenvalue weighted by Crippen LogP contribution is 2.31. The molecule has 0 radical (unpaired) electrons. The van der Waals surface area contributed by atoms with Crippen molar-refractivity contribution >= 4 is 18.2 Å². The number of amides is 2. The molecule has 0 spiro atoms. The van der Waals surface area contributed by atoms with Crippen LogP contribution in [0.3, 0.4) is 0 Å². The summed E-state index contributed by atoms with van der Waals surface area (Å²) in [5.41, 5.74) is -1.11. The van der Waals surface area contributed by atoms with Gasteiger partial charge in [-0.3, -0.25) is 9.69 Å². The standard InChI is InChI=1S/C27H48N2O7/c1-26(2,3)35-24(31)28(7)21-13-9-19(10-14-21)17-34-18-29(25(32)36-27(4,5)6)22-15-11-20(12-16-22)23(30)33-8/h19-22H,9-18H2,1-8H3. The van der Waals surface area contributed by atoms with Crippen molar-refractivity contribution in [3.05, 3.63) is 0 Å². The summed E-state index contributed by atoms with van der Waals surface area (Å²) in [5, 5.41) is 0. The van der Waals surface area contributed by atoms with Gasteiger partial charge in [0, 0.05) is 19.1 Å². The van der Waals surface area contributed by atoms with Gasteiger partial charge >= 0.3 is 18.2 Å². The maximum atomic E-state index is 13.0. The molecule has 9 heteroatoms. The molecule has 2 rings (SSSR count). The fourth-order valence-electron chi connectivity index (χ4n) is 4.92. The summed E-state index contributed by atoms with van der Waals surface area (Å²) in [6, 6.07) is 0.137. The normalized spacial score (nSPS) is 25.0. The minimum Gasteiger partial charge on any atom is -0.469 e. The lowest BCUT2D eigenvalue weighted by Gasteiger charge is -2.38. The largest absolute Gasteiger partial charge is 0.469 e. The first kappa shape index (κ1) is 30.2. The van der Waals surface area contributed by atoms with Crippen molar-refractivity contribution in [3.8, 4) is 0 Å². The van der Waals surface area contributed by atoms with Gasteiger partial charge in [-0.25, -0.2) is 9.59 Å². The Balaban J connectivity index is 1.85. The predicted octanol–water partition coefficient (Wildman–Crippen LogP) is 5.36. The van der Waals surface area contributed by atoms with Gasteiger partial charge in [0.15, 0.2) is 0 Å². The molecular formula is C27H48N2O7. The zero-order chi connectivity index (χ0) is 27.1. The van der Waals surface area contributed by atoms with Gasteiger partial charge in [-0.1, -0.05) is 0 Å². The first-order valence-corrected chi connectivity index (χ1v) is 13.3. The van der Waals surface area contributed by atoms with Crippen LogP contribution in [0.15, 0.2) is 0 Å². The number of esters is 1. The van der Waals surface area contributed by atoms with Gasteiger partial charge in [-0.15, -0.1) is 0 Å². The molecule has 0 heterocycles. The summed E-state index contributed by atoms with van der Waals surface area (Å²) in [4.78, 5) is 40.6. The lowest BCUT2D eigenvalue weighted by atomic mass is 9.85. The second-order valence-corrected chi connectivity index (χ2v) is 12.2. The lowest BCUT2D eigenvalue weighted by Crippen LogP contribution is -2.47. The fourth-order valence-corrected chi connectivity index (χ4v) is 4.92. The molecule has 2 fully saturated rings. The van der Waals surface area contributed by atoms with Crippen LogP contribution in [-0.4, -0.2) is 78.7 Å². The Bertz CT molecular complexity index is 727. The first-order chi connectivity index (χ1) is 16.7. The molecule has 9 nitrogen and oxygen atoms in total. The molecule has 0 bridgehead atoms. The molecule has 0 aliphatic heterocycles. The molecule has 0 aromatic heterocycles. The molecular weight excluding hydrogens is 464 g/mol. The highest BCUT2D eigenvalue weighted by atomic mass is 16.6. The SMILES string of the molecule is COC(=O)C1CCC(N(COCC2CCC(N(C)C(=O)OC(C)(C)C)CC2)C(=O)OC(C)(C)C)CC1. The summed E-state index contributed by atoms with van der Waals surface area (Å²) in [7, 11) is 3.22. The van der Waals surface area contributed by atoms with Crippen molar-refractivity contribution in [1.82, 2.24) is 9.80 Å². The van der Waals surface area contributed by atoms with Crippen molar-refractivity contribution < 1.29 is 33.3 Å². The van der Waals surface area contributed by atoms with E-state index in [-0.39, 0.29) is 42.9 Å². The fraction of sp³-hybridized carbons (Fsp3) is 0.889. The van der Waals surface area contributed by atoms with E-state index in [0.29, 0.717) is 38.2 Å². The van der Waals surface area contributed by atoms with Crippen molar-refractivity contribution in [2.45, 2.75) is 116 Å². The van der Waals surface area contributed by atoms with Crippen LogP contribution < -0.4 is 0 Å². The van der Waals surface area contributed by atoms with Crippen LogP contribution in [0.5, 0.6) is 0 Å². The highest BCUT2D eigenvalue weighted by molar-refractivity contribution is 5.72. The van der Waals surface area contributed by atoms with Gasteiger partial charge in [-0.2, -0.15) is 0 Å². The third-order valence-electron chi connectivity index (χ3n) is 6.93. The zero-order valence-corrected chi connectivity index (χ0v) is 23.6. The average Bonchev–Trinajstić information content (AvgIpc) is 2.79. The minimum absolute atomic E-state index is 0.0287. The van der Waals surface area contributed by atoms with Crippen molar-refractivity contribution in [3.63, 3.8) is 0 Å². The number of carbonyl (C=O) groups is 3. The van der Waals surface area contributed by atoms with E-state index in [2.05, 4.69) is 0 Å². The number of rotatable bonds is 7. The van der Waals surface area contributed by atoms with Gasteiger partial charge in [0.05, 0.1) is 19.6 Å². The van der Waals surface area contributed by atoms with Crippen LogP contribution in [-0.2, 0) is 23.7 Å². The smallest absolute Gasteiger partial charge is 0.412 e. The van der Waals surface area contributed by atoms with E-state index in [0.717, 1.165) is 25.7 Å². The van der Waals surface area contributed by atoms with Crippen molar-refractivity contribution in [1.29, 1.82) is 0 Å². The predicted molar refractivity (Wildman–Crippen MR) is 136 cm³/mol. The number of ether oxygens (including phenoxy) is 4. The molecule has 208 valence electrons. The van der Waals surface area contributed by atoms with E-state index in [4.69, 9.17) is 18.9 Å². The Labute approximate surface area is 217 Å². The third-order valence-corrected chi connectivity index (χ3v) is 6.93. The molecule has 2 saturated carbocycles. The molecule has 0 atom stereocenters. The molecule has 2 aliphatic rings. The van der Waals surface area contributed by atoms with E-state index >= 15 is 0 Å². The maximum absolute atomic E-state index is 13.0. The van der Waals surface area contributed by atoms with Gasteiger partial charge in [0.1, 0.15) is 17.9 Å². The molecule has 2 amide bonds. The Hall–Kier alpha value is -2.03. The van der Waals surface area contributed by atoms with E-state index in [1.807, 2.05) is 48.6 Å². The number of carbonyl (C=O) groups excluding carboxylic acids is 3. The van der Waals surface area contributed by atoms with Crippen LogP contribution in [0.4, 0.5) is 9.59 Å². The van der Waals surface area contributed by atoms with E-state index in [1.165, 1.54) is 7.11 Å². The van der Waals surface area contributed by atoms with Crippen molar-refractivity contribution in [2.75, 3.05) is 27.5 Å². The highest BCUT2D eigenvalue weighted by Gasteiger charge is 2.35. The summed E-state index contributed by atoms with van der Waals surface area (Å²) in [6.45, 7) is 11.9. The van der Waals surface area contributed by atoms with Crippen LogP contribution >= 0.6 is 0 Å². The topological polar surface area (TPSA) is 94.6 Å². The number of methoxy groups -OCH3 is 1. The summed E-state index contributed by atoms with van der Waals surface area (Å²) in [5.74, 6) is 0.0897. The minimum atomic E-state index is -0.600. The van der Waals surface area contributed by atoms with Gasteiger partial charge < -0.3 is 23.8 Å². The van der Waals surface area contributed by atoms with Crippen LogP contribution in [0.2, 0.25) is 0 Å². The number of hydrogen-bond donors (Lipinski definition) is 0. The second-order valence-electron chi connectivity index (χ2n) is 12.2. The molecule has 0 aromatic carbocycles. The Morgan fingerprint density at radius 1 is 0.750 bits per heavy atom. The van der Waals surface area contributed by atoms with E-state index in [1.54, 1.807) is 9.80 Å². The van der Waals surface area contributed by atoms with Gasteiger partial charge in [0.25, 0.3) is 0 Å². The first-order valence-electron chi connectivity index (χ1n) is 13.3. The molecule has 0 unspecified atom stereocenters. The Kier molecular flexibility index (Phi) is 10.9. The summed E-state index contributed by atoms with van der Waals surface area (Å²) in [6.07, 6.45) is 5.84. The molecule has 0 saturated heterocycles. The molecule has 0 aromatic rings. The summed E-state index contributed by atoms with van der Waals surface area (Å²) < 4.78 is 22.1.